The molecule has 0 bridgehead atoms. The van der Waals surface area contributed by atoms with Gasteiger partial charge in [-0.15, -0.1) is 0 Å². The smallest absolute Gasteiger partial charge is 0.254 e. The summed E-state index contributed by atoms with van der Waals surface area (Å²) in [5.74, 6) is 0.0197. The minimum atomic E-state index is -0.213. The molecule has 1 aromatic heterocycles. The molecular formula is C13H19ClN2O2. The van der Waals surface area contributed by atoms with E-state index in [-0.39, 0.29) is 23.6 Å². The van der Waals surface area contributed by atoms with Crippen LogP contribution in [0.25, 0.3) is 0 Å². The van der Waals surface area contributed by atoms with Crippen molar-refractivity contribution in [1.82, 2.24) is 10.3 Å². The Morgan fingerprint density at radius 1 is 1.56 bits per heavy atom. The molecule has 1 aromatic rings. The van der Waals surface area contributed by atoms with E-state index in [1.165, 1.54) is 0 Å². The maximum atomic E-state index is 12.0. The number of nitrogens with one attached hydrogen (secondary N) is 1. The fourth-order valence-corrected chi connectivity index (χ4v) is 2.11. The highest BCUT2D eigenvalue weighted by atomic mass is 35.5. The minimum absolute atomic E-state index is 0.128. The molecule has 0 fully saturated rings. The molecule has 1 amide bonds. The number of nitrogens with zero attached hydrogens (tertiary/aromatic N) is 1. The Labute approximate surface area is 112 Å². The molecule has 2 N–H and O–H groups in total. The maximum absolute atomic E-state index is 12.0. The SMILES string of the molecule is Cc1cc(C)c(C(=O)NCC(C)CCO)c(Cl)n1. The van der Waals surface area contributed by atoms with Crippen molar-refractivity contribution >= 4 is 17.5 Å². The molecule has 5 heteroatoms. The van der Waals surface area contributed by atoms with Crippen molar-refractivity contribution in [3.05, 3.63) is 28.0 Å². The molecule has 18 heavy (non-hydrogen) atoms. The van der Waals surface area contributed by atoms with E-state index >= 15 is 0 Å². The summed E-state index contributed by atoms with van der Waals surface area (Å²) in [5, 5.41) is 11.8. The molecule has 0 aliphatic rings. The summed E-state index contributed by atoms with van der Waals surface area (Å²) in [6.07, 6.45) is 0.666. The average molecular weight is 271 g/mol. The van der Waals surface area contributed by atoms with E-state index in [0.29, 0.717) is 18.5 Å². The number of carbonyl (C=O) groups excluding carboxylic acids is 1. The highest BCUT2D eigenvalue weighted by molar-refractivity contribution is 6.32. The van der Waals surface area contributed by atoms with Gasteiger partial charge >= 0.3 is 0 Å². The topological polar surface area (TPSA) is 62.2 Å². The van der Waals surface area contributed by atoms with Crippen LogP contribution < -0.4 is 5.32 Å². The molecular weight excluding hydrogens is 252 g/mol. The second-order valence-corrected chi connectivity index (χ2v) is 4.93. The number of aromatic nitrogens is 1. The van der Waals surface area contributed by atoms with Gasteiger partial charge in [-0.3, -0.25) is 4.79 Å². The Morgan fingerprint density at radius 2 is 2.22 bits per heavy atom. The zero-order valence-corrected chi connectivity index (χ0v) is 11.7. The van der Waals surface area contributed by atoms with Crippen LogP contribution in [0.5, 0.6) is 0 Å². The van der Waals surface area contributed by atoms with Crippen LogP contribution in [0.1, 0.15) is 35.0 Å². The Kier molecular flexibility index (Phi) is 5.56. The first-order chi connectivity index (χ1) is 8.45. The van der Waals surface area contributed by atoms with Crippen molar-refractivity contribution in [2.75, 3.05) is 13.2 Å². The molecule has 0 radical (unpaired) electrons. The molecule has 1 rings (SSSR count). The van der Waals surface area contributed by atoms with Gasteiger partial charge in [0.1, 0.15) is 5.15 Å². The van der Waals surface area contributed by atoms with Gasteiger partial charge in [-0.05, 0) is 37.8 Å². The van der Waals surface area contributed by atoms with Crippen LogP contribution in [-0.4, -0.2) is 29.1 Å². The molecule has 100 valence electrons. The number of rotatable bonds is 5. The Morgan fingerprint density at radius 3 is 2.78 bits per heavy atom. The Bertz CT molecular complexity index is 412. The summed E-state index contributed by atoms with van der Waals surface area (Å²) >= 11 is 5.99. The van der Waals surface area contributed by atoms with Crippen LogP contribution in [0.2, 0.25) is 5.15 Å². The highest BCUT2D eigenvalue weighted by Crippen LogP contribution is 2.18. The monoisotopic (exact) mass is 270 g/mol. The minimum Gasteiger partial charge on any atom is -0.396 e. The fourth-order valence-electron chi connectivity index (χ4n) is 1.74. The number of halogens is 1. The van der Waals surface area contributed by atoms with Crippen molar-refractivity contribution in [1.29, 1.82) is 0 Å². The number of aliphatic hydroxyl groups excluding tert-OH is 1. The quantitative estimate of drug-likeness (QED) is 0.806. The number of pyridine rings is 1. The summed E-state index contributed by atoms with van der Waals surface area (Å²) < 4.78 is 0. The van der Waals surface area contributed by atoms with Gasteiger partial charge in [-0.25, -0.2) is 4.98 Å². The van der Waals surface area contributed by atoms with Crippen LogP contribution in [0.4, 0.5) is 0 Å². The van der Waals surface area contributed by atoms with E-state index in [1.807, 2.05) is 26.8 Å². The van der Waals surface area contributed by atoms with E-state index in [9.17, 15) is 4.79 Å². The largest absolute Gasteiger partial charge is 0.396 e. The van der Waals surface area contributed by atoms with Gasteiger partial charge < -0.3 is 10.4 Å². The lowest BCUT2D eigenvalue weighted by molar-refractivity contribution is 0.0944. The average Bonchev–Trinajstić information content (AvgIpc) is 2.25. The van der Waals surface area contributed by atoms with Crippen molar-refractivity contribution in [3.63, 3.8) is 0 Å². The number of hydrogen-bond acceptors (Lipinski definition) is 3. The lowest BCUT2D eigenvalue weighted by atomic mass is 10.1. The predicted molar refractivity (Wildman–Crippen MR) is 71.9 cm³/mol. The molecule has 0 spiro atoms. The molecule has 0 saturated carbocycles. The Hall–Kier alpha value is -1.13. The van der Waals surface area contributed by atoms with Crippen LogP contribution >= 0.6 is 11.6 Å². The number of aryl methyl sites for hydroxylation is 2. The second-order valence-electron chi connectivity index (χ2n) is 4.57. The maximum Gasteiger partial charge on any atom is 0.254 e. The zero-order chi connectivity index (χ0) is 13.7. The number of carbonyl (C=O) groups is 1. The van der Waals surface area contributed by atoms with Gasteiger partial charge in [0.15, 0.2) is 0 Å². The van der Waals surface area contributed by atoms with E-state index in [0.717, 1.165) is 11.3 Å². The first-order valence-corrected chi connectivity index (χ1v) is 6.36. The van der Waals surface area contributed by atoms with E-state index < -0.39 is 0 Å². The molecule has 0 aromatic carbocycles. The highest BCUT2D eigenvalue weighted by Gasteiger charge is 2.15. The van der Waals surface area contributed by atoms with Crippen molar-refractivity contribution in [2.24, 2.45) is 5.92 Å². The normalized spacial score (nSPS) is 12.3. The van der Waals surface area contributed by atoms with Crippen molar-refractivity contribution in [3.8, 4) is 0 Å². The molecule has 1 atom stereocenters. The van der Waals surface area contributed by atoms with Crippen molar-refractivity contribution < 1.29 is 9.90 Å². The summed E-state index contributed by atoms with van der Waals surface area (Å²) in [6.45, 7) is 6.29. The van der Waals surface area contributed by atoms with Gasteiger partial charge in [-0.1, -0.05) is 18.5 Å². The first-order valence-electron chi connectivity index (χ1n) is 5.98. The first kappa shape index (κ1) is 14.9. The number of amides is 1. The number of aliphatic hydroxyl groups is 1. The third kappa shape index (κ3) is 3.96. The Balaban J connectivity index is 2.73. The van der Waals surface area contributed by atoms with Gasteiger partial charge in [0.25, 0.3) is 5.91 Å². The molecule has 1 unspecified atom stereocenters. The van der Waals surface area contributed by atoms with E-state index in [4.69, 9.17) is 16.7 Å². The zero-order valence-electron chi connectivity index (χ0n) is 11.0. The molecule has 0 aliphatic carbocycles. The van der Waals surface area contributed by atoms with Crippen LogP contribution in [0.15, 0.2) is 6.07 Å². The predicted octanol–water partition coefficient (Wildman–Crippen LogP) is 2.10. The summed E-state index contributed by atoms with van der Waals surface area (Å²) in [4.78, 5) is 16.1. The summed E-state index contributed by atoms with van der Waals surface area (Å²) in [6, 6.07) is 1.83. The van der Waals surface area contributed by atoms with E-state index in [2.05, 4.69) is 10.3 Å². The molecule has 0 saturated heterocycles. The lowest BCUT2D eigenvalue weighted by Crippen LogP contribution is -2.29. The third-order valence-corrected chi connectivity index (χ3v) is 3.03. The summed E-state index contributed by atoms with van der Waals surface area (Å²) in [7, 11) is 0. The standard InChI is InChI=1S/C13H19ClN2O2/c1-8(4-5-17)7-15-13(18)11-9(2)6-10(3)16-12(11)14/h6,8,17H,4-5,7H2,1-3H3,(H,15,18). The van der Waals surface area contributed by atoms with Crippen molar-refractivity contribution in [2.45, 2.75) is 27.2 Å². The van der Waals surface area contributed by atoms with Gasteiger partial charge in [-0.2, -0.15) is 0 Å². The lowest BCUT2D eigenvalue weighted by Gasteiger charge is -2.13. The van der Waals surface area contributed by atoms with Crippen LogP contribution in [-0.2, 0) is 0 Å². The molecule has 1 heterocycles. The third-order valence-electron chi connectivity index (χ3n) is 2.76. The van der Waals surface area contributed by atoms with Crippen LogP contribution in [0, 0.1) is 19.8 Å². The van der Waals surface area contributed by atoms with E-state index in [1.54, 1.807) is 0 Å². The van der Waals surface area contributed by atoms with Crippen LogP contribution in [0.3, 0.4) is 0 Å². The number of hydrogen-bond donors (Lipinski definition) is 2. The molecule has 4 nitrogen and oxygen atoms in total. The van der Waals surface area contributed by atoms with Gasteiger partial charge in [0.05, 0.1) is 5.56 Å². The van der Waals surface area contributed by atoms with Gasteiger partial charge in [0, 0.05) is 18.8 Å². The van der Waals surface area contributed by atoms with Gasteiger partial charge in [0.2, 0.25) is 0 Å². The fraction of sp³-hybridized carbons (Fsp3) is 0.538. The summed E-state index contributed by atoms with van der Waals surface area (Å²) in [5.41, 5.74) is 2.04. The molecule has 0 aliphatic heterocycles. The second kappa shape index (κ2) is 6.71.